The van der Waals surface area contributed by atoms with Gasteiger partial charge in [-0.25, -0.2) is 4.98 Å². The minimum absolute atomic E-state index is 0.232. The summed E-state index contributed by atoms with van der Waals surface area (Å²) in [6.07, 6.45) is 0. The molecule has 206 valence electrons. The number of primary amides is 1. The molecule has 1 aromatic heterocycles. The SMILES string of the molecule is NC(=O)[C@H](CO)NC(=O)[C@H](CO)NC(=O)CNC(=O)c1cccc2c(Nc3ccccc3)c3ccccc3nc12. The number of hydrogen-bond acceptors (Lipinski definition) is 8. The van der Waals surface area contributed by atoms with Crippen LogP contribution in [-0.4, -0.2) is 70.7 Å². The van der Waals surface area contributed by atoms with Gasteiger partial charge in [-0.3, -0.25) is 19.2 Å². The van der Waals surface area contributed by atoms with E-state index in [-0.39, 0.29) is 5.56 Å². The predicted octanol–water partition coefficient (Wildman–Crippen LogP) is 0.301. The largest absolute Gasteiger partial charge is 0.394 e. The Kier molecular flexibility index (Phi) is 8.84. The Morgan fingerprint density at radius 3 is 2.17 bits per heavy atom. The third-order valence-electron chi connectivity index (χ3n) is 6.09. The van der Waals surface area contributed by atoms with Crippen molar-refractivity contribution >= 4 is 56.8 Å². The third-order valence-corrected chi connectivity index (χ3v) is 6.09. The number of hydrogen-bond donors (Lipinski definition) is 7. The predicted molar refractivity (Wildman–Crippen MR) is 149 cm³/mol. The maximum Gasteiger partial charge on any atom is 0.253 e. The summed E-state index contributed by atoms with van der Waals surface area (Å²) in [5.41, 5.74) is 8.02. The lowest BCUT2D eigenvalue weighted by Crippen LogP contribution is -2.56. The molecule has 3 aromatic carbocycles. The zero-order valence-corrected chi connectivity index (χ0v) is 21.3. The van der Waals surface area contributed by atoms with Gasteiger partial charge in [-0.2, -0.15) is 0 Å². The Hall–Kier alpha value is -5.07. The number of aromatic nitrogens is 1. The topological polar surface area (TPSA) is 196 Å². The van der Waals surface area contributed by atoms with E-state index in [9.17, 15) is 24.3 Å². The minimum Gasteiger partial charge on any atom is -0.394 e. The molecule has 1 heterocycles. The summed E-state index contributed by atoms with van der Waals surface area (Å²) < 4.78 is 0. The second-order valence-corrected chi connectivity index (χ2v) is 8.83. The van der Waals surface area contributed by atoms with Crippen molar-refractivity contribution in [1.29, 1.82) is 0 Å². The van der Waals surface area contributed by atoms with E-state index in [1.165, 1.54) is 0 Å². The van der Waals surface area contributed by atoms with E-state index in [1.54, 1.807) is 12.1 Å². The van der Waals surface area contributed by atoms with Crippen LogP contribution in [0, 0.1) is 0 Å². The molecule has 12 heteroatoms. The van der Waals surface area contributed by atoms with Crippen LogP contribution < -0.4 is 27.0 Å². The standard InChI is InChI=1S/C28H28N6O6/c29-26(38)21(14-35)34-28(40)22(15-36)32-23(37)13-30-27(39)19-11-6-10-18-24(31-16-7-2-1-3-8-16)17-9-4-5-12-20(17)33-25(18)19/h1-12,21-22,35-36H,13-15H2,(H2,29,38)(H,30,39)(H,31,33)(H,32,37)(H,34,40)/t21-,22-/m0/s1. The average molecular weight is 545 g/mol. The number of pyridine rings is 1. The molecule has 0 radical (unpaired) electrons. The first-order chi connectivity index (χ1) is 19.3. The highest BCUT2D eigenvalue weighted by Gasteiger charge is 2.25. The molecule has 12 nitrogen and oxygen atoms in total. The Morgan fingerprint density at radius 2 is 1.48 bits per heavy atom. The van der Waals surface area contributed by atoms with E-state index in [0.29, 0.717) is 16.4 Å². The highest BCUT2D eigenvalue weighted by molar-refractivity contribution is 6.15. The molecule has 0 fully saturated rings. The van der Waals surface area contributed by atoms with Gasteiger partial charge in [-0.05, 0) is 24.3 Å². The average Bonchev–Trinajstić information content (AvgIpc) is 2.97. The summed E-state index contributed by atoms with van der Waals surface area (Å²) in [6, 6.07) is 19.4. The van der Waals surface area contributed by atoms with Gasteiger partial charge in [0.15, 0.2) is 0 Å². The molecule has 4 aromatic rings. The van der Waals surface area contributed by atoms with Crippen LogP contribution in [-0.2, 0) is 14.4 Å². The number of rotatable bonds is 11. The third kappa shape index (κ3) is 6.31. The molecule has 0 saturated heterocycles. The van der Waals surface area contributed by atoms with Gasteiger partial charge in [0, 0.05) is 16.5 Å². The Labute approximate surface area is 228 Å². The van der Waals surface area contributed by atoms with Gasteiger partial charge < -0.3 is 37.2 Å². The molecule has 0 aliphatic carbocycles. The lowest BCUT2D eigenvalue weighted by Gasteiger charge is -2.19. The summed E-state index contributed by atoms with van der Waals surface area (Å²) in [7, 11) is 0. The number of aliphatic hydroxyl groups excluding tert-OH is 2. The summed E-state index contributed by atoms with van der Waals surface area (Å²) in [5.74, 6) is -3.26. The molecule has 4 amide bonds. The second-order valence-electron chi connectivity index (χ2n) is 8.83. The van der Waals surface area contributed by atoms with Crippen LogP contribution in [0.1, 0.15) is 10.4 Å². The molecule has 0 spiro atoms. The lowest BCUT2D eigenvalue weighted by molar-refractivity contribution is -0.132. The minimum atomic E-state index is -1.44. The number of benzene rings is 3. The molecular weight excluding hydrogens is 516 g/mol. The molecule has 8 N–H and O–H groups in total. The molecule has 0 aliphatic heterocycles. The van der Waals surface area contributed by atoms with E-state index < -0.39 is 55.5 Å². The van der Waals surface area contributed by atoms with Gasteiger partial charge in [0.05, 0.1) is 42.0 Å². The molecule has 4 rings (SSSR count). The maximum atomic E-state index is 13.2. The number of fused-ring (bicyclic) bond motifs is 2. The van der Waals surface area contributed by atoms with Crippen molar-refractivity contribution in [2.75, 3.05) is 25.1 Å². The van der Waals surface area contributed by atoms with Gasteiger partial charge in [0.2, 0.25) is 17.7 Å². The van der Waals surface area contributed by atoms with Crippen molar-refractivity contribution < 1.29 is 29.4 Å². The van der Waals surface area contributed by atoms with Gasteiger partial charge in [0.1, 0.15) is 12.1 Å². The van der Waals surface area contributed by atoms with Gasteiger partial charge in [-0.15, -0.1) is 0 Å². The molecular formula is C28H28N6O6. The number of para-hydroxylation sites is 3. The molecule has 0 saturated carbocycles. The molecule has 0 bridgehead atoms. The van der Waals surface area contributed by atoms with Crippen LogP contribution in [0.4, 0.5) is 11.4 Å². The van der Waals surface area contributed by atoms with Crippen molar-refractivity contribution in [3.05, 3.63) is 78.4 Å². The first kappa shape index (κ1) is 28.0. The van der Waals surface area contributed by atoms with Crippen LogP contribution in [0.3, 0.4) is 0 Å². The number of amides is 4. The van der Waals surface area contributed by atoms with Crippen molar-refractivity contribution in [1.82, 2.24) is 20.9 Å². The highest BCUT2D eigenvalue weighted by Crippen LogP contribution is 2.34. The molecule has 0 unspecified atom stereocenters. The van der Waals surface area contributed by atoms with Crippen LogP contribution in [0.2, 0.25) is 0 Å². The smallest absolute Gasteiger partial charge is 0.253 e. The quantitative estimate of drug-likeness (QED) is 0.131. The number of nitrogens with two attached hydrogens (primary N) is 1. The van der Waals surface area contributed by atoms with E-state index in [1.807, 2.05) is 60.7 Å². The maximum absolute atomic E-state index is 13.2. The van der Waals surface area contributed by atoms with Crippen molar-refractivity contribution in [2.24, 2.45) is 5.73 Å². The number of anilines is 2. The van der Waals surface area contributed by atoms with Crippen molar-refractivity contribution in [3.8, 4) is 0 Å². The van der Waals surface area contributed by atoms with Crippen LogP contribution in [0.15, 0.2) is 72.8 Å². The van der Waals surface area contributed by atoms with Gasteiger partial charge >= 0.3 is 0 Å². The second kappa shape index (κ2) is 12.7. The number of carbonyl (C=O) groups is 4. The highest BCUT2D eigenvalue weighted by atomic mass is 16.3. The van der Waals surface area contributed by atoms with E-state index in [4.69, 9.17) is 15.8 Å². The fourth-order valence-electron chi connectivity index (χ4n) is 4.07. The summed E-state index contributed by atoms with van der Waals surface area (Å²) in [4.78, 5) is 53.8. The zero-order chi connectivity index (χ0) is 28.6. The number of aliphatic hydroxyl groups is 2. The van der Waals surface area contributed by atoms with Crippen molar-refractivity contribution in [2.45, 2.75) is 12.1 Å². The Morgan fingerprint density at radius 1 is 0.800 bits per heavy atom. The molecule has 40 heavy (non-hydrogen) atoms. The number of nitrogens with one attached hydrogen (secondary N) is 4. The van der Waals surface area contributed by atoms with E-state index >= 15 is 0 Å². The monoisotopic (exact) mass is 544 g/mol. The van der Waals surface area contributed by atoms with E-state index in [2.05, 4.69) is 21.3 Å². The zero-order valence-electron chi connectivity index (χ0n) is 21.3. The lowest BCUT2D eigenvalue weighted by atomic mass is 10.0. The van der Waals surface area contributed by atoms with Gasteiger partial charge in [0.25, 0.3) is 5.91 Å². The number of nitrogens with zero attached hydrogens (tertiary/aromatic N) is 1. The van der Waals surface area contributed by atoms with Crippen LogP contribution in [0.25, 0.3) is 21.8 Å². The summed E-state index contributed by atoms with van der Waals surface area (Å²) >= 11 is 0. The summed E-state index contributed by atoms with van der Waals surface area (Å²) in [5, 5.41) is 30.5. The van der Waals surface area contributed by atoms with Crippen LogP contribution >= 0.6 is 0 Å². The molecule has 0 aliphatic rings. The van der Waals surface area contributed by atoms with Crippen molar-refractivity contribution in [3.63, 3.8) is 0 Å². The fraction of sp³-hybridized carbons (Fsp3) is 0.179. The van der Waals surface area contributed by atoms with E-state index in [0.717, 1.165) is 16.8 Å². The summed E-state index contributed by atoms with van der Waals surface area (Å²) in [6.45, 7) is -2.05. The Balaban J connectivity index is 1.53. The first-order valence-corrected chi connectivity index (χ1v) is 12.3. The van der Waals surface area contributed by atoms with Gasteiger partial charge in [-0.1, -0.05) is 48.5 Å². The first-order valence-electron chi connectivity index (χ1n) is 12.3. The normalized spacial score (nSPS) is 12.3. The molecule has 2 atom stereocenters. The fourth-order valence-corrected chi connectivity index (χ4v) is 4.07. The van der Waals surface area contributed by atoms with Crippen LogP contribution in [0.5, 0.6) is 0 Å². The Bertz CT molecular complexity index is 1560. The number of carbonyl (C=O) groups excluding carboxylic acids is 4.